The lowest BCUT2D eigenvalue weighted by Gasteiger charge is -2.13. The molecule has 1 heterocycles. The summed E-state index contributed by atoms with van der Waals surface area (Å²) < 4.78 is 10.4. The fourth-order valence-corrected chi connectivity index (χ4v) is 2.11. The van der Waals surface area contributed by atoms with Crippen molar-refractivity contribution >= 4 is 11.5 Å². The third-order valence-electron chi connectivity index (χ3n) is 2.91. The maximum Gasteiger partial charge on any atom is 0.374 e. The van der Waals surface area contributed by atoms with Gasteiger partial charge < -0.3 is 14.6 Å². The van der Waals surface area contributed by atoms with Gasteiger partial charge in [-0.05, 0) is 18.4 Å². The highest BCUT2D eigenvalue weighted by atomic mass is 16.6. The van der Waals surface area contributed by atoms with E-state index in [0.29, 0.717) is 12.8 Å². The minimum absolute atomic E-state index is 0.0818. The quantitative estimate of drug-likeness (QED) is 0.806. The molecule has 0 aliphatic carbocycles. The van der Waals surface area contributed by atoms with Crippen LogP contribution in [0, 0.1) is 0 Å². The molecular weight excluding hydrogens is 232 g/mol. The van der Waals surface area contributed by atoms with Crippen LogP contribution >= 0.6 is 0 Å². The minimum Gasteiger partial charge on any atom is -0.490 e. The molecule has 0 bridgehead atoms. The van der Waals surface area contributed by atoms with Gasteiger partial charge in [0.05, 0.1) is 7.11 Å². The first-order valence-corrected chi connectivity index (χ1v) is 5.93. The molecule has 1 aliphatic rings. The molecule has 1 atom stereocenters. The van der Waals surface area contributed by atoms with Gasteiger partial charge in [0.2, 0.25) is 5.76 Å². The van der Waals surface area contributed by atoms with Gasteiger partial charge in [0.15, 0.2) is 0 Å². The summed E-state index contributed by atoms with van der Waals surface area (Å²) in [6.45, 7) is 0.0818. The third kappa shape index (κ3) is 2.38. The molecule has 0 saturated carbocycles. The summed E-state index contributed by atoms with van der Waals surface area (Å²) in [6.07, 6.45) is 0.854. The number of methoxy groups -OCH3 is 1. The molecule has 4 nitrogen and oxygen atoms in total. The highest BCUT2D eigenvalue weighted by Gasteiger charge is 2.35. The van der Waals surface area contributed by atoms with E-state index in [0.717, 1.165) is 11.1 Å². The molecule has 0 fully saturated rings. The molecule has 1 aromatic rings. The van der Waals surface area contributed by atoms with E-state index in [1.54, 1.807) is 0 Å². The van der Waals surface area contributed by atoms with Gasteiger partial charge in [-0.3, -0.25) is 0 Å². The van der Waals surface area contributed by atoms with Crippen molar-refractivity contribution in [2.45, 2.75) is 18.9 Å². The monoisotopic (exact) mass is 248 g/mol. The Kier molecular flexibility index (Phi) is 3.99. The minimum atomic E-state index is -0.431. The third-order valence-corrected chi connectivity index (χ3v) is 2.91. The van der Waals surface area contributed by atoms with Crippen molar-refractivity contribution in [3.8, 4) is 0 Å². The second-order valence-corrected chi connectivity index (χ2v) is 4.07. The Balaban J connectivity index is 2.35. The number of cyclic esters (lactones) is 1. The van der Waals surface area contributed by atoms with Crippen LogP contribution < -0.4 is 0 Å². The highest BCUT2D eigenvalue weighted by molar-refractivity contribution is 6.00. The molecule has 1 aliphatic heterocycles. The summed E-state index contributed by atoms with van der Waals surface area (Å²) in [5.41, 5.74) is 1.69. The zero-order valence-corrected chi connectivity index (χ0v) is 10.3. The smallest absolute Gasteiger partial charge is 0.374 e. The second-order valence-electron chi connectivity index (χ2n) is 4.07. The molecule has 0 amide bonds. The standard InChI is InChI=1S/C14H16O4/c1-17-13-12(10-6-3-2-4-7-10)11(8-5-9-15)18-14(13)16/h2-4,6-7,11,15H,5,8-9H2,1H3. The van der Waals surface area contributed by atoms with Gasteiger partial charge >= 0.3 is 5.97 Å². The largest absolute Gasteiger partial charge is 0.490 e. The Morgan fingerprint density at radius 1 is 1.33 bits per heavy atom. The number of carbonyl (C=O) groups is 1. The molecule has 0 aromatic heterocycles. The fourth-order valence-electron chi connectivity index (χ4n) is 2.11. The summed E-state index contributed by atoms with van der Waals surface area (Å²) in [6, 6.07) is 9.56. The molecule has 96 valence electrons. The summed E-state index contributed by atoms with van der Waals surface area (Å²) in [7, 11) is 1.47. The van der Waals surface area contributed by atoms with E-state index in [-0.39, 0.29) is 18.5 Å². The molecule has 0 spiro atoms. The Bertz CT molecular complexity index is 450. The topological polar surface area (TPSA) is 55.8 Å². The Morgan fingerprint density at radius 2 is 2.06 bits per heavy atom. The van der Waals surface area contributed by atoms with Crippen LogP contribution in [0.15, 0.2) is 36.1 Å². The lowest BCUT2D eigenvalue weighted by atomic mass is 9.97. The lowest BCUT2D eigenvalue weighted by Crippen LogP contribution is -2.11. The van der Waals surface area contributed by atoms with Crippen LogP contribution in [0.3, 0.4) is 0 Å². The predicted molar refractivity (Wildman–Crippen MR) is 66.6 cm³/mol. The summed E-state index contributed by atoms with van der Waals surface area (Å²) in [5, 5.41) is 8.88. The Hall–Kier alpha value is -1.81. The van der Waals surface area contributed by atoms with E-state index in [1.165, 1.54) is 7.11 Å². The second kappa shape index (κ2) is 5.69. The van der Waals surface area contributed by atoms with Crippen molar-refractivity contribution in [3.63, 3.8) is 0 Å². The first-order chi connectivity index (χ1) is 8.77. The summed E-state index contributed by atoms with van der Waals surface area (Å²) in [4.78, 5) is 11.7. The number of esters is 1. The van der Waals surface area contributed by atoms with Crippen LogP contribution in [-0.2, 0) is 14.3 Å². The van der Waals surface area contributed by atoms with Crippen LogP contribution in [0.4, 0.5) is 0 Å². The maximum atomic E-state index is 11.7. The van der Waals surface area contributed by atoms with Gasteiger partial charge in [-0.15, -0.1) is 0 Å². The molecule has 0 radical (unpaired) electrons. The van der Waals surface area contributed by atoms with E-state index >= 15 is 0 Å². The van der Waals surface area contributed by atoms with E-state index in [4.69, 9.17) is 14.6 Å². The molecule has 0 saturated heterocycles. The normalized spacial score (nSPS) is 19.0. The zero-order chi connectivity index (χ0) is 13.0. The zero-order valence-electron chi connectivity index (χ0n) is 10.3. The van der Waals surface area contributed by atoms with Crippen molar-refractivity contribution in [1.29, 1.82) is 0 Å². The number of hydrogen-bond acceptors (Lipinski definition) is 4. The maximum absolute atomic E-state index is 11.7. The molecule has 1 unspecified atom stereocenters. The Morgan fingerprint density at radius 3 is 2.67 bits per heavy atom. The first kappa shape index (κ1) is 12.6. The number of rotatable bonds is 5. The average molecular weight is 248 g/mol. The molecule has 4 heteroatoms. The van der Waals surface area contributed by atoms with Crippen molar-refractivity contribution < 1.29 is 19.4 Å². The van der Waals surface area contributed by atoms with Gasteiger partial charge in [-0.25, -0.2) is 4.79 Å². The van der Waals surface area contributed by atoms with Gasteiger partial charge in [-0.2, -0.15) is 0 Å². The number of hydrogen-bond donors (Lipinski definition) is 1. The van der Waals surface area contributed by atoms with Crippen molar-refractivity contribution in [2.75, 3.05) is 13.7 Å². The summed E-state index contributed by atoms with van der Waals surface area (Å²) in [5.74, 6) is -0.163. The predicted octanol–water partition coefficient (Wildman–Crippen LogP) is 1.74. The average Bonchev–Trinajstić information content (AvgIpc) is 2.73. The van der Waals surface area contributed by atoms with Crippen LogP contribution in [0.1, 0.15) is 18.4 Å². The van der Waals surface area contributed by atoms with Crippen molar-refractivity contribution in [3.05, 3.63) is 41.7 Å². The Labute approximate surface area is 106 Å². The van der Waals surface area contributed by atoms with Gasteiger partial charge in [-0.1, -0.05) is 30.3 Å². The van der Waals surface area contributed by atoms with Crippen LogP contribution in [0.25, 0.3) is 5.57 Å². The van der Waals surface area contributed by atoms with Crippen molar-refractivity contribution in [2.24, 2.45) is 0 Å². The first-order valence-electron chi connectivity index (χ1n) is 5.93. The SMILES string of the molecule is COC1=C(c2ccccc2)C(CCCO)OC1=O. The van der Waals surface area contributed by atoms with E-state index in [2.05, 4.69) is 0 Å². The van der Waals surface area contributed by atoms with Gasteiger partial charge in [0.1, 0.15) is 6.10 Å². The summed E-state index contributed by atoms with van der Waals surface area (Å²) >= 11 is 0. The number of aliphatic hydroxyl groups excluding tert-OH is 1. The van der Waals surface area contributed by atoms with E-state index in [1.807, 2.05) is 30.3 Å². The van der Waals surface area contributed by atoms with Gasteiger partial charge in [0.25, 0.3) is 0 Å². The van der Waals surface area contributed by atoms with Crippen LogP contribution in [0.5, 0.6) is 0 Å². The molecule has 1 N–H and O–H groups in total. The lowest BCUT2D eigenvalue weighted by molar-refractivity contribution is -0.142. The van der Waals surface area contributed by atoms with E-state index in [9.17, 15) is 4.79 Å². The van der Waals surface area contributed by atoms with E-state index < -0.39 is 5.97 Å². The number of ether oxygens (including phenoxy) is 2. The molecule has 18 heavy (non-hydrogen) atoms. The molecule has 1 aromatic carbocycles. The molecule has 2 rings (SSSR count). The number of carbonyl (C=O) groups excluding carboxylic acids is 1. The van der Waals surface area contributed by atoms with Crippen LogP contribution in [-0.4, -0.2) is 30.9 Å². The van der Waals surface area contributed by atoms with Crippen LogP contribution in [0.2, 0.25) is 0 Å². The fraction of sp³-hybridized carbons (Fsp3) is 0.357. The number of aliphatic hydroxyl groups is 1. The van der Waals surface area contributed by atoms with Gasteiger partial charge in [0, 0.05) is 12.2 Å². The highest BCUT2D eigenvalue weighted by Crippen LogP contribution is 2.34. The number of benzene rings is 1. The molecular formula is C14H16O4. The van der Waals surface area contributed by atoms with Crippen molar-refractivity contribution in [1.82, 2.24) is 0 Å².